The second-order valence-electron chi connectivity index (χ2n) is 14.4. The largest absolute Gasteiger partial charge is 0.497 e. The fraction of sp³-hybridized carbons (Fsp3) is 0.317. The monoisotopic (exact) mass is 733 g/mol. The molecule has 1 saturated heterocycles. The van der Waals surface area contributed by atoms with E-state index in [1.807, 2.05) is 92.0 Å². The fourth-order valence-corrected chi connectivity index (χ4v) is 10.7. The second kappa shape index (κ2) is 14.7. The molecular weight excluding hydrogens is 690 g/mol. The number of hydrogen-bond donors (Lipinski definition) is 2. The Kier molecular flexibility index (Phi) is 10.0. The van der Waals surface area contributed by atoms with E-state index < -0.39 is 31.6 Å². The molecule has 2 N–H and O–H groups in total. The number of halogens is 1. The van der Waals surface area contributed by atoms with Crippen LogP contribution in [0.15, 0.2) is 109 Å². The molecule has 2 amide bonds. The maximum Gasteiger partial charge on any atom is 0.264 e. The summed E-state index contributed by atoms with van der Waals surface area (Å²) in [6.45, 7) is 5.93. The van der Waals surface area contributed by atoms with Gasteiger partial charge in [0.15, 0.2) is 5.60 Å². The van der Waals surface area contributed by atoms with E-state index in [-0.39, 0.29) is 30.9 Å². The second-order valence-corrected chi connectivity index (χ2v) is 18.2. The van der Waals surface area contributed by atoms with Gasteiger partial charge >= 0.3 is 0 Å². The van der Waals surface area contributed by atoms with Crippen molar-refractivity contribution in [2.75, 3.05) is 23.9 Å². The lowest BCUT2D eigenvalue weighted by Crippen LogP contribution is -2.45. The molecular formula is C41H44FN5O5Si. The molecule has 1 aromatic heterocycles. The third kappa shape index (κ3) is 6.89. The molecule has 0 radical (unpaired) electrons. The van der Waals surface area contributed by atoms with Gasteiger partial charge in [0.2, 0.25) is 8.41 Å². The van der Waals surface area contributed by atoms with Crippen LogP contribution in [0.5, 0.6) is 5.75 Å². The molecule has 0 aliphatic carbocycles. The Morgan fingerprint density at radius 3 is 2.40 bits per heavy atom. The highest BCUT2D eigenvalue weighted by Crippen LogP contribution is 2.60. The van der Waals surface area contributed by atoms with Crippen LogP contribution in [0.3, 0.4) is 0 Å². The Labute approximate surface area is 309 Å². The van der Waals surface area contributed by atoms with Crippen molar-refractivity contribution in [1.29, 1.82) is 0 Å². The molecule has 10 nitrogen and oxygen atoms in total. The van der Waals surface area contributed by atoms with E-state index in [4.69, 9.17) is 9.47 Å². The van der Waals surface area contributed by atoms with Crippen molar-refractivity contribution in [3.05, 3.63) is 137 Å². The average Bonchev–Trinajstić information content (AvgIpc) is 3.82. The number of carbonyl (C=O) groups is 2. The zero-order valence-corrected chi connectivity index (χ0v) is 31.3. The number of nitrogens with one attached hydrogen (secondary N) is 1. The van der Waals surface area contributed by atoms with Gasteiger partial charge in [-0.05, 0) is 73.1 Å². The van der Waals surface area contributed by atoms with Gasteiger partial charge in [0.05, 0.1) is 43.7 Å². The molecule has 2 aliphatic heterocycles. The van der Waals surface area contributed by atoms with Gasteiger partial charge in [-0.2, -0.15) is 0 Å². The maximum absolute atomic E-state index is 16.4. The normalized spacial score (nSPS) is 21.5. The summed E-state index contributed by atoms with van der Waals surface area (Å²) in [6.07, 6.45) is 1.73. The molecule has 274 valence electrons. The molecule has 1 spiro atoms. The van der Waals surface area contributed by atoms with Crippen molar-refractivity contribution in [3.8, 4) is 5.75 Å². The summed E-state index contributed by atoms with van der Waals surface area (Å²) >= 11 is 0. The van der Waals surface area contributed by atoms with Crippen LogP contribution in [-0.4, -0.2) is 60.1 Å². The highest BCUT2D eigenvalue weighted by atomic mass is 28.4. The smallest absolute Gasteiger partial charge is 0.264 e. The summed E-state index contributed by atoms with van der Waals surface area (Å²) in [5.41, 5.74) is 3.30. The van der Waals surface area contributed by atoms with Crippen molar-refractivity contribution < 1.29 is 28.3 Å². The summed E-state index contributed by atoms with van der Waals surface area (Å²) in [7, 11) is -1.78. The van der Waals surface area contributed by atoms with Crippen LogP contribution >= 0.6 is 0 Å². The number of methoxy groups -OCH3 is 1. The van der Waals surface area contributed by atoms with Crippen LogP contribution in [0, 0.1) is 5.92 Å². The first-order chi connectivity index (χ1) is 25.5. The number of hydrogen-bond acceptors (Lipinski definition) is 7. The Morgan fingerprint density at radius 1 is 1.02 bits per heavy atom. The number of aromatic nitrogens is 3. The minimum Gasteiger partial charge on any atom is -0.497 e. The zero-order chi connectivity index (χ0) is 37.3. The molecule has 0 bridgehead atoms. The molecule has 3 heterocycles. The number of fused-ring (bicyclic) bond motifs is 2. The lowest BCUT2D eigenvalue weighted by Gasteiger charge is -2.31. The van der Waals surface area contributed by atoms with Gasteiger partial charge in [0, 0.05) is 41.0 Å². The van der Waals surface area contributed by atoms with Crippen molar-refractivity contribution in [3.63, 3.8) is 0 Å². The molecule has 1 fully saturated rings. The molecule has 4 aromatic carbocycles. The zero-order valence-electron chi connectivity index (χ0n) is 30.3. The number of rotatable bonds is 12. The van der Waals surface area contributed by atoms with Gasteiger partial charge in [0.1, 0.15) is 5.75 Å². The van der Waals surface area contributed by atoms with E-state index in [0.717, 1.165) is 22.4 Å². The van der Waals surface area contributed by atoms with Crippen LogP contribution in [-0.2, 0) is 28.2 Å². The number of ether oxygens (including phenoxy) is 2. The first-order valence-corrected chi connectivity index (χ1v) is 20.9. The fourth-order valence-electron chi connectivity index (χ4n) is 8.15. The number of aliphatic hydroxyl groups excluding tert-OH is 1. The quantitative estimate of drug-likeness (QED) is 0.104. The summed E-state index contributed by atoms with van der Waals surface area (Å²) in [5.74, 6) is -0.509. The third-order valence-corrected chi connectivity index (χ3v) is 13.2. The van der Waals surface area contributed by atoms with Crippen molar-refractivity contribution in [2.24, 2.45) is 5.92 Å². The minimum absolute atomic E-state index is 0.110. The number of aryl methyl sites for hydroxylation is 1. The third-order valence-electron chi connectivity index (χ3n) is 10.7. The van der Waals surface area contributed by atoms with E-state index in [1.54, 1.807) is 54.1 Å². The number of nitrogens with zero attached hydrogens (tertiary/aromatic N) is 4. The van der Waals surface area contributed by atoms with E-state index in [9.17, 15) is 14.7 Å². The van der Waals surface area contributed by atoms with Crippen LogP contribution < -0.4 is 15.0 Å². The van der Waals surface area contributed by atoms with Crippen LogP contribution in [0.1, 0.15) is 52.0 Å². The lowest BCUT2D eigenvalue weighted by atomic mass is 9.82. The molecule has 53 heavy (non-hydrogen) atoms. The number of amides is 2. The molecule has 5 aromatic rings. The average molecular weight is 734 g/mol. The molecule has 1 unspecified atom stereocenters. The summed E-state index contributed by atoms with van der Waals surface area (Å²) in [5, 5.41) is 21.8. The van der Waals surface area contributed by atoms with Gasteiger partial charge in [-0.25, -0.2) is 0 Å². The number of aliphatic hydroxyl groups is 1. The Balaban J connectivity index is 1.09. The molecule has 2 aliphatic rings. The lowest BCUT2D eigenvalue weighted by molar-refractivity contribution is -0.146. The summed E-state index contributed by atoms with van der Waals surface area (Å²) < 4.78 is 30.1. The topological polar surface area (TPSA) is 119 Å². The Bertz CT molecular complexity index is 2070. The first kappa shape index (κ1) is 36.2. The number of anilines is 2. The predicted molar refractivity (Wildman–Crippen MR) is 203 cm³/mol. The van der Waals surface area contributed by atoms with Gasteiger partial charge in [0.25, 0.3) is 11.8 Å². The van der Waals surface area contributed by atoms with Crippen molar-refractivity contribution in [2.45, 2.75) is 62.7 Å². The van der Waals surface area contributed by atoms with Gasteiger partial charge in [-0.1, -0.05) is 72.8 Å². The Hall–Kier alpha value is -5.17. The van der Waals surface area contributed by atoms with Crippen LogP contribution in [0.4, 0.5) is 15.5 Å². The van der Waals surface area contributed by atoms with E-state index in [2.05, 4.69) is 15.6 Å². The summed E-state index contributed by atoms with van der Waals surface area (Å²) in [6, 6.07) is 31.6. The number of benzene rings is 4. The summed E-state index contributed by atoms with van der Waals surface area (Å²) in [4.78, 5) is 29.3. The van der Waals surface area contributed by atoms with Crippen LogP contribution in [0.2, 0.25) is 18.6 Å². The standard InChI is InChI=1S/C41H44FN5O5Si/c1-27-38(53(3,4)42)37(22-23-46-25-35(44-45-46)33(26-48)29-10-6-5-7-11-29)52-41(27)34-12-8-9-13-36(34)47(40(41)50)24-28-14-18-31(19-15-28)43-39(49)30-16-20-32(51-2)21-17-30/h5-21,25,27,33,37-38,48H,22-24,26H2,1-4H3,(H,43,49)/t27-,33?,37+,38-,41+/m0/s1. The van der Waals surface area contributed by atoms with E-state index in [1.165, 1.54) is 0 Å². The highest BCUT2D eigenvalue weighted by Gasteiger charge is 2.66. The van der Waals surface area contributed by atoms with Crippen LogP contribution in [0.25, 0.3) is 0 Å². The SMILES string of the molecule is COc1ccc(C(=O)Nc2ccc(CN3C(=O)[C@]4(O[C@H](CCn5cc(C(CO)c6ccccc6)nn5)[C@@H]([Si](C)(C)F)[C@@H]4C)c4ccccc43)cc2)cc1. The highest BCUT2D eigenvalue weighted by molar-refractivity contribution is 6.72. The van der Waals surface area contributed by atoms with Gasteiger partial charge < -0.3 is 28.9 Å². The number of para-hydroxylation sites is 1. The predicted octanol–water partition coefficient (Wildman–Crippen LogP) is 7.08. The molecule has 5 atom stereocenters. The van der Waals surface area contributed by atoms with Crippen molar-refractivity contribution >= 4 is 31.6 Å². The first-order valence-electron chi connectivity index (χ1n) is 17.9. The van der Waals surface area contributed by atoms with Gasteiger partial charge in [-0.3, -0.25) is 14.3 Å². The number of carbonyl (C=O) groups excluding carboxylic acids is 2. The molecule has 7 rings (SSSR count). The molecule has 12 heteroatoms. The van der Waals surface area contributed by atoms with E-state index in [0.29, 0.717) is 35.7 Å². The van der Waals surface area contributed by atoms with Crippen molar-refractivity contribution in [1.82, 2.24) is 15.0 Å². The Morgan fingerprint density at radius 2 is 1.72 bits per heavy atom. The minimum atomic E-state index is -3.36. The maximum atomic E-state index is 16.4. The molecule has 0 saturated carbocycles. The van der Waals surface area contributed by atoms with Gasteiger partial charge in [-0.15, -0.1) is 5.10 Å². The van der Waals surface area contributed by atoms with E-state index >= 15 is 4.11 Å².